The minimum absolute atomic E-state index is 0.167. The fourth-order valence-corrected chi connectivity index (χ4v) is 2.05. The van der Waals surface area contributed by atoms with Crippen molar-refractivity contribution in [1.82, 2.24) is 0 Å². The van der Waals surface area contributed by atoms with Gasteiger partial charge >= 0.3 is 0 Å². The molecule has 0 amide bonds. The Kier molecular flexibility index (Phi) is 4.23. The van der Waals surface area contributed by atoms with Crippen LogP contribution in [0.4, 0.5) is 11.4 Å². The predicted molar refractivity (Wildman–Crippen MR) is 88.0 cm³/mol. The van der Waals surface area contributed by atoms with E-state index in [-0.39, 0.29) is 11.9 Å². The summed E-state index contributed by atoms with van der Waals surface area (Å²) in [7, 11) is 0. The molecule has 0 spiro atoms. The molecule has 2 aromatic rings. The fourth-order valence-electron chi connectivity index (χ4n) is 2.05. The molecule has 0 saturated heterocycles. The SMILES string of the molecule is Cc1ccccc1N=C(N)N(C(=N)N)c1ccccc1C. The van der Waals surface area contributed by atoms with Gasteiger partial charge in [-0.1, -0.05) is 36.4 Å². The smallest absolute Gasteiger partial charge is 0.208 e. The fraction of sp³-hybridized carbons (Fsp3) is 0.125. The summed E-state index contributed by atoms with van der Waals surface area (Å²) >= 11 is 0. The molecule has 0 atom stereocenters. The Morgan fingerprint density at radius 1 is 0.952 bits per heavy atom. The van der Waals surface area contributed by atoms with E-state index in [0.29, 0.717) is 0 Å². The Balaban J connectivity index is 2.47. The number of aryl methyl sites for hydroxylation is 2. The molecular weight excluding hydrogens is 262 g/mol. The Bertz CT molecular complexity index is 691. The van der Waals surface area contributed by atoms with Crippen molar-refractivity contribution in [3.8, 4) is 0 Å². The number of nitrogens with one attached hydrogen (secondary N) is 1. The van der Waals surface area contributed by atoms with Gasteiger partial charge in [-0.2, -0.15) is 0 Å². The van der Waals surface area contributed by atoms with Gasteiger partial charge in [-0.15, -0.1) is 0 Å². The van der Waals surface area contributed by atoms with Crippen LogP contribution in [0.15, 0.2) is 53.5 Å². The molecule has 108 valence electrons. The molecule has 0 saturated carbocycles. The number of hydrogen-bond donors (Lipinski definition) is 3. The van der Waals surface area contributed by atoms with Crippen LogP contribution < -0.4 is 16.4 Å². The minimum Gasteiger partial charge on any atom is -0.369 e. The predicted octanol–water partition coefficient (Wildman–Crippen LogP) is 2.65. The van der Waals surface area contributed by atoms with E-state index in [4.69, 9.17) is 16.9 Å². The zero-order chi connectivity index (χ0) is 15.4. The lowest BCUT2D eigenvalue weighted by atomic mass is 10.2. The lowest BCUT2D eigenvalue weighted by Crippen LogP contribution is -2.46. The van der Waals surface area contributed by atoms with Gasteiger partial charge in [0.1, 0.15) is 0 Å². The number of nitrogens with zero attached hydrogens (tertiary/aromatic N) is 2. The van der Waals surface area contributed by atoms with Crippen molar-refractivity contribution in [2.45, 2.75) is 13.8 Å². The number of hydrogen-bond acceptors (Lipinski definition) is 2. The van der Waals surface area contributed by atoms with E-state index < -0.39 is 0 Å². The molecule has 2 rings (SSSR count). The zero-order valence-electron chi connectivity index (χ0n) is 12.2. The van der Waals surface area contributed by atoms with E-state index in [1.165, 1.54) is 4.90 Å². The van der Waals surface area contributed by atoms with Crippen molar-refractivity contribution in [2.24, 2.45) is 16.5 Å². The van der Waals surface area contributed by atoms with E-state index in [9.17, 15) is 0 Å². The summed E-state index contributed by atoms with van der Waals surface area (Å²) in [6.45, 7) is 3.89. The molecule has 0 aliphatic heterocycles. The molecule has 2 aromatic carbocycles. The topological polar surface area (TPSA) is 91.5 Å². The van der Waals surface area contributed by atoms with E-state index in [0.717, 1.165) is 22.5 Å². The summed E-state index contributed by atoms with van der Waals surface area (Å²) in [6, 6.07) is 15.3. The summed E-state index contributed by atoms with van der Waals surface area (Å²) < 4.78 is 0. The Labute approximate surface area is 124 Å². The number of benzene rings is 2. The van der Waals surface area contributed by atoms with E-state index in [1.807, 2.05) is 62.4 Å². The zero-order valence-corrected chi connectivity index (χ0v) is 12.2. The largest absolute Gasteiger partial charge is 0.369 e. The molecule has 0 radical (unpaired) electrons. The first-order chi connectivity index (χ1) is 10.0. The van der Waals surface area contributed by atoms with Gasteiger partial charge in [0.25, 0.3) is 0 Å². The Morgan fingerprint density at radius 3 is 2.10 bits per heavy atom. The molecule has 0 aliphatic carbocycles. The van der Waals surface area contributed by atoms with E-state index in [1.54, 1.807) is 0 Å². The maximum atomic E-state index is 7.78. The molecule has 0 heterocycles. The summed E-state index contributed by atoms with van der Waals surface area (Å²) in [6.07, 6.45) is 0. The van der Waals surface area contributed by atoms with Crippen LogP contribution >= 0.6 is 0 Å². The van der Waals surface area contributed by atoms with E-state index >= 15 is 0 Å². The molecule has 5 nitrogen and oxygen atoms in total. The number of para-hydroxylation sites is 2. The minimum atomic E-state index is -0.167. The van der Waals surface area contributed by atoms with Crippen LogP contribution in [0.2, 0.25) is 0 Å². The molecule has 0 bridgehead atoms. The van der Waals surface area contributed by atoms with Gasteiger partial charge in [0.05, 0.1) is 11.4 Å². The summed E-state index contributed by atoms with van der Waals surface area (Å²) in [5, 5.41) is 7.78. The van der Waals surface area contributed by atoms with Crippen molar-refractivity contribution in [3.05, 3.63) is 59.7 Å². The summed E-state index contributed by atoms with van der Waals surface area (Å²) in [5.74, 6) is 0.00485. The van der Waals surface area contributed by atoms with Gasteiger partial charge in [-0.25, -0.2) is 4.99 Å². The van der Waals surface area contributed by atoms with Crippen molar-refractivity contribution in [1.29, 1.82) is 5.41 Å². The van der Waals surface area contributed by atoms with Crippen LogP contribution in [0.25, 0.3) is 0 Å². The van der Waals surface area contributed by atoms with E-state index in [2.05, 4.69) is 4.99 Å². The van der Waals surface area contributed by atoms with Gasteiger partial charge in [-0.05, 0) is 37.1 Å². The van der Waals surface area contributed by atoms with Gasteiger partial charge in [0.15, 0.2) is 5.96 Å². The monoisotopic (exact) mass is 281 g/mol. The lowest BCUT2D eigenvalue weighted by molar-refractivity contribution is 1.23. The number of guanidine groups is 2. The van der Waals surface area contributed by atoms with Crippen LogP contribution in [0, 0.1) is 19.3 Å². The van der Waals surface area contributed by atoms with Crippen molar-refractivity contribution in [2.75, 3.05) is 4.90 Å². The number of anilines is 1. The quantitative estimate of drug-likeness (QED) is 0.583. The van der Waals surface area contributed by atoms with Gasteiger partial charge in [-0.3, -0.25) is 10.3 Å². The molecule has 5 N–H and O–H groups in total. The molecular formula is C16H19N5. The first kappa shape index (κ1) is 14.6. The molecule has 21 heavy (non-hydrogen) atoms. The third kappa shape index (κ3) is 3.20. The van der Waals surface area contributed by atoms with Crippen molar-refractivity contribution < 1.29 is 0 Å². The second kappa shape index (κ2) is 6.09. The van der Waals surface area contributed by atoms with Gasteiger partial charge in [0, 0.05) is 0 Å². The Hall–Kier alpha value is -2.82. The first-order valence-corrected chi connectivity index (χ1v) is 6.60. The normalized spacial score (nSPS) is 11.2. The number of nitrogens with two attached hydrogens (primary N) is 2. The average Bonchev–Trinajstić information content (AvgIpc) is 2.43. The molecule has 0 fully saturated rings. The average molecular weight is 281 g/mol. The third-order valence-electron chi connectivity index (χ3n) is 3.18. The van der Waals surface area contributed by atoms with Crippen LogP contribution in [0.1, 0.15) is 11.1 Å². The van der Waals surface area contributed by atoms with Gasteiger partial charge in [0.2, 0.25) is 5.96 Å². The second-order valence-corrected chi connectivity index (χ2v) is 4.76. The maximum absolute atomic E-state index is 7.78. The second-order valence-electron chi connectivity index (χ2n) is 4.76. The summed E-state index contributed by atoms with van der Waals surface area (Å²) in [4.78, 5) is 5.83. The highest BCUT2D eigenvalue weighted by Crippen LogP contribution is 2.21. The Morgan fingerprint density at radius 2 is 1.52 bits per heavy atom. The van der Waals surface area contributed by atoms with Gasteiger partial charge < -0.3 is 11.5 Å². The highest BCUT2D eigenvalue weighted by atomic mass is 15.3. The maximum Gasteiger partial charge on any atom is 0.208 e. The highest BCUT2D eigenvalue weighted by Gasteiger charge is 2.16. The third-order valence-corrected chi connectivity index (χ3v) is 3.18. The molecule has 0 aromatic heterocycles. The van der Waals surface area contributed by atoms with Crippen molar-refractivity contribution >= 4 is 23.3 Å². The standard InChI is InChI=1S/C16H19N5/c1-11-7-3-5-9-13(11)20-16(19)21(15(17)18)14-10-6-4-8-12(14)2/h3-10H,1-2H3,(H3,17,18)(H2,19,20). The molecule has 0 aliphatic rings. The number of aliphatic imine (C=N–C) groups is 1. The van der Waals surface area contributed by atoms with Crippen LogP contribution in [0.5, 0.6) is 0 Å². The highest BCUT2D eigenvalue weighted by molar-refractivity contribution is 6.16. The van der Waals surface area contributed by atoms with Crippen LogP contribution in [0.3, 0.4) is 0 Å². The van der Waals surface area contributed by atoms with Crippen molar-refractivity contribution in [3.63, 3.8) is 0 Å². The first-order valence-electron chi connectivity index (χ1n) is 6.60. The van der Waals surface area contributed by atoms with Crippen LogP contribution in [-0.2, 0) is 0 Å². The van der Waals surface area contributed by atoms with Crippen LogP contribution in [-0.4, -0.2) is 11.9 Å². The number of rotatable bonds is 2. The molecule has 0 unspecified atom stereocenters. The molecule has 5 heteroatoms. The lowest BCUT2D eigenvalue weighted by Gasteiger charge is -2.23. The summed E-state index contributed by atoms with van der Waals surface area (Å²) in [5.41, 5.74) is 15.2.